The number of carbonyl (C=O) groups excluding carboxylic acids is 1. The molecule has 0 radical (unpaired) electrons. The minimum Gasteiger partial charge on any atom is -0.497 e. The van der Waals surface area contributed by atoms with E-state index in [1.165, 1.54) is 0 Å². The van der Waals surface area contributed by atoms with Crippen molar-refractivity contribution in [3.8, 4) is 11.5 Å². The highest BCUT2D eigenvalue weighted by Crippen LogP contribution is 2.17. The van der Waals surface area contributed by atoms with Crippen molar-refractivity contribution in [1.82, 2.24) is 5.32 Å². The number of hydrogen-bond donors (Lipinski definition) is 2. The lowest BCUT2D eigenvalue weighted by Crippen LogP contribution is -2.46. The Balaban J connectivity index is 2.35. The van der Waals surface area contributed by atoms with Crippen molar-refractivity contribution in [2.24, 2.45) is 0 Å². The van der Waals surface area contributed by atoms with Crippen LogP contribution >= 0.6 is 0 Å². The topological polar surface area (TPSA) is 67.8 Å². The van der Waals surface area contributed by atoms with E-state index in [0.717, 1.165) is 12.2 Å². The first kappa shape index (κ1) is 17.3. The molecular formula is C16H25NO4. The Morgan fingerprint density at radius 2 is 1.90 bits per heavy atom. The molecule has 21 heavy (non-hydrogen) atoms. The van der Waals surface area contributed by atoms with Gasteiger partial charge in [-0.3, -0.25) is 4.79 Å². The largest absolute Gasteiger partial charge is 0.497 e. The molecule has 1 atom stereocenters. The van der Waals surface area contributed by atoms with Crippen LogP contribution < -0.4 is 14.8 Å². The lowest BCUT2D eigenvalue weighted by atomic mass is 9.95. The molecular weight excluding hydrogens is 270 g/mol. The molecule has 0 saturated carbocycles. The summed E-state index contributed by atoms with van der Waals surface area (Å²) in [5, 5.41) is 12.0. The van der Waals surface area contributed by atoms with Crippen molar-refractivity contribution in [1.29, 1.82) is 0 Å². The van der Waals surface area contributed by atoms with Gasteiger partial charge in [-0.05, 0) is 44.0 Å². The summed E-state index contributed by atoms with van der Waals surface area (Å²) in [6, 6.07) is 7.23. The molecule has 0 spiro atoms. The summed E-state index contributed by atoms with van der Waals surface area (Å²) >= 11 is 0. The zero-order valence-corrected chi connectivity index (χ0v) is 13.0. The van der Waals surface area contributed by atoms with Crippen molar-refractivity contribution < 1.29 is 19.4 Å². The fourth-order valence-corrected chi connectivity index (χ4v) is 1.91. The summed E-state index contributed by atoms with van der Waals surface area (Å²) in [4.78, 5) is 11.9. The second-order valence-electron chi connectivity index (χ2n) is 5.21. The smallest absolute Gasteiger partial charge is 0.223 e. The summed E-state index contributed by atoms with van der Waals surface area (Å²) in [7, 11) is 1.61. The first-order valence-corrected chi connectivity index (χ1v) is 7.21. The average molecular weight is 295 g/mol. The van der Waals surface area contributed by atoms with E-state index in [4.69, 9.17) is 14.6 Å². The zero-order chi connectivity index (χ0) is 15.7. The highest BCUT2D eigenvalue weighted by molar-refractivity contribution is 5.76. The Morgan fingerprint density at radius 3 is 2.43 bits per heavy atom. The fourth-order valence-electron chi connectivity index (χ4n) is 1.91. The van der Waals surface area contributed by atoms with Gasteiger partial charge < -0.3 is 19.9 Å². The number of hydrogen-bond acceptors (Lipinski definition) is 4. The molecule has 1 amide bonds. The average Bonchev–Trinajstić information content (AvgIpc) is 2.48. The maximum atomic E-state index is 11.9. The lowest BCUT2D eigenvalue weighted by molar-refractivity contribution is -0.123. The number of aliphatic hydroxyl groups is 1. The van der Waals surface area contributed by atoms with Crippen molar-refractivity contribution in [2.75, 3.05) is 20.3 Å². The fraction of sp³-hybridized carbons (Fsp3) is 0.562. The number of carbonyl (C=O) groups is 1. The van der Waals surface area contributed by atoms with E-state index in [1.807, 2.05) is 26.0 Å². The second kappa shape index (κ2) is 8.52. The molecule has 1 aromatic carbocycles. The molecule has 0 aliphatic rings. The minimum atomic E-state index is -0.355. The van der Waals surface area contributed by atoms with E-state index < -0.39 is 0 Å². The molecule has 5 nitrogen and oxygen atoms in total. The van der Waals surface area contributed by atoms with E-state index in [2.05, 4.69) is 5.32 Å². The molecule has 0 aliphatic carbocycles. The quantitative estimate of drug-likeness (QED) is 0.732. The van der Waals surface area contributed by atoms with Crippen LogP contribution in [0.15, 0.2) is 24.3 Å². The summed E-state index contributed by atoms with van der Waals surface area (Å²) in [6.45, 7) is 4.30. The third kappa shape index (κ3) is 6.04. The highest BCUT2D eigenvalue weighted by atomic mass is 16.5. The maximum Gasteiger partial charge on any atom is 0.223 e. The van der Waals surface area contributed by atoms with Crippen LogP contribution in [0, 0.1) is 0 Å². The van der Waals surface area contributed by atoms with Crippen molar-refractivity contribution in [3.63, 3.8) is 0 Å². The van der Waals surface area contributed by atoms with Gasteiger partial charge in [-0.15, -0.1) is 0 Å². The third-order valence-corrected chi connectivity index (χ3v) is 3.54. The summed E-state index contributed by atoms with van der Waals surface area (Å²) in [6.07, 6.45) is 1.61. The van der Waals surface area contributed by atoms with Crippen molar-refractivity contribution in [2.45, 2.75) is 38.6 Å². The van der Waals surface area contributed by atoms with Crippen LogP contribution in [0.2, 0.25) is 0 Å². The van der Waals surface area contributed by atoms with E-state index in [1.54, 1.807) is 19.2 Å². The number of amides is 1. The Morgan fingerprint density at radius 1 is 1.29 bits per heavy atom. The molecule has 1 unspecified atom stereocenters. The van der Waals surface area contributed by atoms with Gasteiger partial charge in [0.05, 0.1) is 20.1 Å². The van der Waals surface area contributed by atoms with Gasteiger partial charge in [0, 0.05) is 12.1 Å². The molecule has 0 aliphatic heterocycles. The van der Waals surface area contributed by atoms with Crippen LogP contribution in [-0.4, -0.2) is 36.9 Å². The Bertz CT molecular complexity index is 432. The number of nitrogens with one attached hydrogen (secondary N) is 1. The number of ether oxygens (including phenoxy) is 2. The van der Waals surface area contributed by atoms with Gasteiger partial charge in [-0.2, -0.15) is 0 Å². The maximum absolute atomic E-state index is 11.9. The van der Waals surface area contributed by atoms with Crippen LogP contribution in [0.3, 0.4) is 0 Å². The van der Waals surface area contributed by atoms with Gasteiger partial charge in [0.1, 0.15) is 11.5 Å². The normalized spacial score (nSPS) is 13.3. The Kier molecular flexibility index (Phi) is 7.02. The van der Waals surface area contributed by atoms with Gasteiger partial charge in [0.15, 0.2) is 0 Å². The molecule has 0 saturated heterocycles. The Labute approximate surface area is 126 Å². The van der Waals surface area contributed by atoms with Crippen molar-refractivity contribution in [3.05, 3.63) is 24.3 Å². The van der Waals surface area contributed by atoms with E-state index in [-0.39, 0.29) is 24.5 Å². The van der Waals surface area contributed by atoms with Gasteiger partial charge >= 0.3 is 0 Å². The SMILES string of the molecule is CCC(C)(CCO)NC(=O)CCOc1ccc(OC)cc1. The van der Waals surface area contributed by atoms with E-state index in [0.29, 0.717) is 18.8 Å². The van der Waals surface area contributed by atoms with E-state index >= 15 is 0 Å². The van der Waals surface area contributed by atoms with Crippen LogP contribution in [0.4, 0.5) is 0 Å². The number of methoxy groups -OCH3 is 1. The molecule has 0 heterocycles. The van der Waals surface area contributed by atoms with Crippen LogP contribution in [0.25, 0.3) is 0 Å². The summed E-state index contributed by atoms with van der Waals surface area (Å²) in [5.74, 6) is 1.40. The minimum absolute atomic E-state index is 0.0625. The number of rotatable bonds is 9. The van der Waals surface area contributed by atoms with Gasteiger partial charge in [-0.25, -0.2) is 0 Å². The van der Waals surface area contributed by atoms with E-state index in [9.17, 15) is 4.79 Å². The second-order valence-corrected chi connectivity index (χ2v) is 5.21. The predicted molar refractivity (Wildman–Crippen MR) is 81.6 cm³/mol. The van der Waals surface area contributed by atoms with Crippen LogP contribution in [-0.2, 0) is 4.79 Å². The molecule has 0 aromatic heterocycles. The molecule has 0 bridgehead atoms. The molecule has 1 aromatic rings. The lowest BCUT2D eigenvalue weighted by Gasteiger charge is -2.29. The third-order valence-electron chi connectivity index (χ3n) is 3.54. The molecule has 1 rings (SSSR count). The van der Waals surface area contributed by atoms with Crippen LogP contribution in [0.1, 0.15) is 33.1 Å². The zero-order valence-electron chi connectivity index (χ0n) is 13.0. The first-order valence-electron chi connectivity index (χ1n) is 7.21. The number of aliphatic hydroxyl groups excluding tert-OH is 1. The van der Waals surface area contributed by atoms with Crippen molar-refractivity contribution >= 4 is 5.91 Å². The molecule has 5 heteroatoms. The monoisotopic (exact) mass is 295 g/mol. The van der Waals surface area contributed by atoms with Crippen LogP contribution in [0.5, 0.6) is 11.5 Å². The summed E-state index contributed by atoms with van der Waals surface area (Å²) < 4.78 is 10.6. The van der Waals surface area contributed by atoms with Gasteiger partial charge in [-0.1, -0.05) is 6.92 Å². The molecule has 2 N–H and O–H groups in total. The predicted octanol–water partition coefficient (Wildman–Crippen LogP) is 2.13. The first-order chi connectivity index (χ1) is 10.0. The van der Waals surface area contributed by atoms with Gasteiger partial charge in [0.2, 0.25) is 5.91 Å². The Hall–Kier alpha value is -1.75. The highest BCUT2D eigenvalue weighted by Gasteiger charge is 2.23. The standard InChI is InChI=1S/C16H25NO4/c1-4-16(2,10-11-18)17-15(19)9-12-21-14-7-5-13(20-3)6-8-14/h5-8,18H,4,9-12H2,1-3H3,(H,17,19). The molecule has 118 valence electrons. The summed E-state index contributed by atoms with van der Waals surface area (Å²) in [5.41, 5.74) is -0.355. The number of benzene rings is 1. The molecule has 0 fully saturated rings. The van der Waals surface area contributed by atoms with Gasteiger partial charge in [0.25, 0.3) is 0 Å².